The van der Waals surface area contributed by atoms with E-state index in [2.05, 4.69) is 26.3 Å². The predicted octanol–water partition coefficient (Wildman–Crippen LogP) is 4.88. The number of thiophene rings is 1. The summed E-state index contributed by atoms with van der Waals surface area (Å²) in [5, 5.41) is 26.0. The number of fused-ring (bicyclic) bond motifs is 1. The minimum absolute atomic E-state index is 0.207. The van der Waals surface area contributed by atoms with Crippen LogP contribution < -0.4 is 21.3 Å². The lowest BCUT2D eigenvalue weighted by atomic mass is 10.1. The molecule has 0 spiro atoms. The summed E-state index contributed by atoms with van der Waals surface area (Å²) in [4.78, 5) is 28.4. The fourth-order valence-corrected chi connectivity index (χ4v) is 4.42. The average Bonchev–Trinajstić information content (AvgIpc) is 3.36. The largest absolute Gasteiger partial charge is 0.383 e. The molecule has 11 heteroatoms. The Labute approximate surface area is 217 Å². The third-order valence-corrected chi connectivity index (χ3v) is 6.25. The van der Waals surface area contributed by atoms with Gasteiger partial charge >= 0.3 is 0 Å². The van der Waals surface area contributed by atoms with E-state index >= 15 is 0 Å². The van der Waals surface area contributed by atoms with Gasteiger partial charge in [0.15, 0.2) is 5.82 Å². The number of pyridine rings is 1. The lowest BCUT2D eigenvalue weighted by Crippen LogP contribution is -2.24. The molecule has 190 valence electrons. The topological polar surface area (TPSA) is 130 Å². The van der Waals surface area contributed by atoms with Gasteiger partial charge in [0.05, 0.1) is 22.7 Å². The molecule has 0 bridgehead atoms. The van der Waals surface area contributed by atoms with Crippen LogP contribution in [-0.2, 0) is 11.3 Å². The van der Waals surface area contributed by atoms with Gasteiger partial charge in [0.1, 0.15) is 4.88 Å². The van der Waals surface area contributed by atoms with E-state index in [1.54, 1.807) is 37.6 Å². The summed E-state index contributed by atoms with van der Waals surface area (Å²) in [6, 6.07) is 18.7. The van der Waals surface area contributed by atoms with Crippen molar-refractivity contribution >= 4 is 45.2 Å². The second-order valence-corrected chi connectivity index (χ2v) is 8.83. The Morgan fingerprint density at radius 2 is 1.92 bits per heavy atom. The number of nitro groups is 1. The Balaban J connectivity index is 1.42. The Morgan fingerprint density at radius 3 is 2.73 bits per heavy atom. The molecule has 0 unspecified atom stereocenters. The average molecular weight is 519 g/mol. The number of ether oxygens (including phenoxy) is 1. The van der Waals surface area contributed by atoms with Crippen molar-refractivity contribution in [2.45, 2.75) is 6.54 Å². The number of aromatic nitrogens is 1. The Morgan fingerprint density at radius 1 is 1.11 bits per heavy atom. The van der Waals surface area contributed by atoms with Crippen LogP contribution in [0.5, 0.6) is 0 Å². The highest BCUT2D eigenvalue weighted by Crippen LogP contribution is 2.26. The monoisotopic (exact) mass is 518 g/mol. The molecule has 0 radical (unpaired) electrons. The minimum atomic E-state index is -0.548. The van der Waals surface area contributed by atoms with Crippen LogP contribution in [0.25, 0.3) is 10.9 Å². The number of methoxy groups -OCH3 is 1. The normalized spacial score (nSPS) is 11.2. The standard InChI is InChI=1S/C26H26N6O4S/c1-36-13-12-28-24(17-32(34)35)30-19-5-4-6-20(15-19)31-26(33)25-23(10-14-37-25)29-16-18-9-11-27-22-8-3-2-7-21(18)22/h2-11,14-15,17,28-30H,12-13,16H2,1H3,(H,31,33)/b24-17+. The quantitative estimate of drug-likeness (QED) is 0.119. The summed E-state index contributed by atoms with van der Waals surface area (Å²) < 4.78 is 4.97. The summed E-state index contributed by atoms with van der Waals surface area (Å²) in [6.07, 6.45) is 2.62. The first-order valence-corrected chi connectivity index (χ1v) is 12.3. The fourth-order valence-electron chi connectivity index (χ4n) is 3.66. The highest BCUT2D eigenvalue weighted by Gasteiger charge is 2.14. The lowest BCUT2D eigenvalue weighted by Gasteiger charge is -2.13. The van der Waals surface area contributed by atoms with E-state index in [4.69, 9.17) is 4.74 Å². The van der Waals surface area contributed by atoms with Crippen molar-refractivity contribution in [3.8, 4) is 0 Å². The molecule has 2 aromatic carbocycles. The molecule has 2 heterocycles. The molecule has 10 nitrogen and oxygen atoms in total. The fraction of sp³-hybridized carbons (Fsp3) is 0.154. The minimum Gasteiger partial charge on any atom is -0.383 e. The van der Waals surface area contributed by atoms with E-state index in [-0.39, 0.29) is 11.7 Å². The molecular weight excluding hydrogens is 492 g/mol. The molecule has 0 saturated carbocycles. The van der Waals surface area contributed by atoms with Crippen LogP contribution in [0.15, 0.2) is 84.3 Å². The highest BCUT2D eigenvalue weighted by molar-refractivity contribution is 7.12. The van der Waals surface area contributed by atoms with E-state index in [9.17, 15) is 14.9 Å². The first-order chi connectivity index (χ1) is 18.0. The second kappa shape index (κ2) is 12.5. The number of carbonyl (C=O) groups excluding carboxylic acids is 1. The number of rotatable bonds is 12. The summed E-state index contributed by atoms with van der Waals surface area (Å²) in [7, 11) is 1.55. The number of nitrogens with one attached hydrogen (secondary N) is 4. The number of anilines is 3. The van der Waals surface area contributed by atoms with Gasteiger partial charge in [-0.15, -0.1) is 11.3 Å². The van der Waals surface area contributed by atoms with Crippen molar-refractivity contribution in [3.05, 3.63) is 105 Å². The zero-order chi connectivity index (χ0) is 26.0. The van der Waals surface area contributed by atoms with Gasteiger partial charge in [0.25, 0.3) is 12.1 Å². The number of hydrogen-bond acceptors (Lipinski definition) is 9. The first kappa shape index (κ1) is 25.6. The maximum absolute atomic E-state index is 13.1. The Hall–Kier alpha value is -4.48. The molecule has 1 amide bonds. The van der Waals surface area contributed by atoms with Crippen LogP contribution in [0, 0.1) is 10.1 Å². The van der Waals surface area contributed by atoms with E-state index < -0.39 is 4.92 Å². The second-order valence-electron chi connectivity index (χ2n) is 7.91. The summed E-state index contributed by atoms with van der Waals surface area (Å²) in [5.41, 5.74) is 3.86. The Kier molecular flexibility index (Phi) is 8.63. The molecule has 2 aromatic heterocycles. The van der Waals surface area contributed by atoms with Gasteiger partial charge in [-0.05, 0) is 47.3 Å². The third-order valence-electron chi connectivity index (χ3n) is 5.34. The zero-order valence-corrected chi connectivity index (χ0v) is 20.9. The van der Waals surface area contributed by atoms with E-state index in [0.717, 1.165) is 28.4 Å². The molecule has 0 aliphatic rings. The van der Waals surface area contributed by atoms with Crippen LogP contribution in [0.1, 0.15) is 15.2 Å². The van der Waals surface area contributed by atoms with Gasteiger partial charge < -0.3 is 26.0 Å². The molecule has 0 aliphatic carbocycles. The number of benzene rings is 2. The first-order valence-electron chi connectivity index (χ1n) is 11.4. The maximum atomic E-state index is 13.1. The van der Waals surface area contributed by atoms with Crippen molar-refractivity contribution in [1.82, 2.24) is 10.3 Å². The van der Waals surface area contributed by atoms with Crippen molar-refractivity contribution in [2.75, 3.05) is 36.2 Å². The number of carbonyl (C=O) groups is 1. The van der Waals surface area contributed by atoms with Gasteiger partial charge in [-0.3, -0.25) is 19.9 Å². The van der Waals surface area contributed by atoms with E-state index in [1.807, 2.05) is 41.8 Å². The van der Waals surface area contributed by atoms with Gasteiger partial charge in [-0.2, -0.15) is 0 Å². The summed E-state index contributed by atoms with van der Waals surface area (Å²) >= 11 is 1.34. The van der Waals surface area contributed by atoms with Crippen LogP contribution in [-0.4, -0.2) is 36.1 Å². The summed E-state index contributed by atoms with van der Waals surface area (Å²) in [6.45, 7) is 1.32. The van der Waals surface area contributed by atoms with Crippen LogP contribution >= 0.6 is 11.3 Å². The molecule has 0 atom stereocenters. The number of nitrogens with zero attached hydrogens (tertiary/aromatic N) is 2. The highest BCUT2D eigenvalue weighted by atomic mass is 32.1. The van der Waals surface area contributed by atoms with Crippen molar-refractivity contribution in [2.24, 2.45) is 0 Å². The van der Waals surface area contributed by atoms with Crippen LogP contribution in [0.3, 0.4) is 0 Å². The molecule has 4 rings (SSSR count). The SMILES string of the molecule is COCCN/C(=C\[N+](=O)[O-])Nc1cccc(NC(=O)c2sccc2NCc2ccnc3ccccc23)c1. The predicted molar refractivity (Wildman–Crippen MR) is 146 cm³/mol. The Bertz CT molecular complexity index is 1420. The lowest BCUT2D eigenvalue weighted by molar-refractivity contribution is -0.403. The molecular formula is C26H26N6O4S. The van der Waals surface area contributed by atoms with Gasteiger partial charge in [-0.25, -0.2) is 0 Å². The van der Waals surface area contributed by atoms with Crippen LogP contribution in [0.2, 0.25) is 0 Å². The van der Waals surface area contributed by atoms with E-state index in [0.29, 0.717) is 35.9 Å². The third kappa shape index (κ3) is 7.03. The molecule has 37 heavy (non-hydrogen) atoms. The van der Waals surface area contributed by atoms with Crippen molar-refractivity contribution in [1.29, 1.82) is 0 Å². The van der Waals surface area contributed by atoms with Crippen molar-refractivity contribution < 1.29 is 14.5 Å². The molecule has 0 fully saturated rings. The number of para-hydroxylation sites is 1. The van der Waals surface area contributed by atoms with Gasteiger partial charge in [-0.1, -0.05) is 24.3 Å². The zero-order valence-electron chi connectivity index (χ0n) is 20.1. The van der Waals surface area contributed by atoms with Crippen molar-refractivity contribution in [3.63, 3.8) is 0 Å². The molecule has 4 N–H and O–H groups in total. The smallest absolute Gasteiger partial charge is 0.274 e. The van der Waals surface area contributed by atoms with E-state index in [1.165, 1.54) is 11.3 Å². The molecule has 0 aliphatic heterocycles. The molecule has 0 saturated heterocycles. The number of hydrogen-bond donors (Lipinski definition) is 4. The number of amides is 1. The van der Waals surface area contributed by atoms with Crippen LogP contribution in [0.4, 0.5) is 17.1 Å². The summed E-state index contributed by atoms with van der Waals surface area (Å²) in [5.74, 6) is -0.0487. The molecule has 4 aromatic rings. The maximum Gasteiger partial charge on any atom is 0.274 e. The van der Waals surface area contributed by atoms with Gasteiger partial charge in [0.2, 0.25) is 0 Å². The van der Waals surface area contributed by atoms with Gasteiger partial charge in [0, 0.05) is 43.2 Å².